The maximum Gasteiger partial charge on any atom is 0.341 e. The molecule has 1 saturated carbocycles. The molecule has 0 N–H and O–H groups in total. The summed E-state index contributed by atoms with van der Waals surface area (Å²) in [4.78, 5) is 12.0. The van der Waals surface area contributed by atoms with E-state index in [1.165, 1.54) is 19.2 Å². The van der Waals surface area contributed by atoms with Crippen LogP contribution in [0.3, 0.4) is 0 Å². The molecular formula is C16H18N2O4S. The van der Waals surface area contributed by atoms with Crippen molar-refractivity contribution in [1.29, 1.82) is 0 Å². The van der Waals surface area contributed by atoms with Crippen LogP contribution >= 0.6 is 12.1 Å². The number of fused-ring (bicyclic) bond motifs is 1. The molecule has 2 fully saturated rings. The van der Waals surface area contributed by atoms with E-state index >= 15 is 0 Å². The minimum Gasteiger partial charge on any atom is -0.489 e. The van der Waals surface area contributed by atoms with Gasteiger partial charge < -0.3 is 14.2 Å². The fraction of sp³-hybridized carbons (Fsp3) is 0.500. The van der Waals surface area contributed by atoms with Crippen molar-refractivity contribution in [1.82, 2.24) is 4.31 Å². The van der Waals surface area contributed by atoms with E-state index in [2.05, 4.69) is 4.40 Å². The summed E-state index contributed by atoms with van der Waals surface area (Å²) in [5.41, 5.74) is 2.39. The molecule has 0 aromatic heterocycles. The van der Waals surface area contributed by atoms with Gasteiger partial charge in [-0.05, 0) is 25.0 Å². The Hall–Kier alpha value is -1.73. The normalized spacial score (nSPS) is 26.1. The SMILES string of the molecule is COC(=O)C1=C2C=CC(OCC3CCO3)=C(C3CC3)N2SN=C1. The van der Waals surface area contributed by atoms with E-state index in [0.717, 1.165) is 43.0 Å². The number of carbonyl (C=O) groups is 1. The smallest absolute Gasteiger partial charge is 0.341 e. The van der Waals surface area contributed by atoms with Gasteiger partial charge in [-0.3, -0.25) is 4.31 Å². The van der Waals surface area contributed by atoms with Gasteiger partial charge in [-0.2, -0.15) is 0 Å². The van der Waals surface area contributed by atoms with Gasteiger partial charge in [-0.15, -0.1) is 0 Å². The molecule has 6 nitrogen and oxygen atoms in total. The van der Waals surface area contributed by atoms with Gasteiger partial charge in [-0.1, -0.05) is 0 Å². The molecule has 23 heavy (non-hydrogen) atoms. The molecule has 0 aromatic rings. The molecule has 0 bridgehead atoms. The Labute approximate surface area is 139 Å². The fourth-order valence-electron chi connectivity index (χ4n) is 2.73. The Morgan fingerprint density at radius 3 is 2.91 bits per heavy atom. The Morgan fingerprint density at radius 2 is 2.26 bits per heavy atom. The zero-order valence-corrected chi connectivity index (χ0v) is 13.7. The summed E-state index contributed by atoms with van der Waals surface area (Å²) >= 11 is 1.33. The maximum absolute atomic E-state index is 12.0. The Balaban J connectivity index is 1.62. The molecule has 4 rings (SSSR count). The van der Waals surface area contributed by atoms with Gasteiger partial charge in [0.25, 0.3) is 0 Å². The third-order valence-electron chi connectivity index (χ3n) is 4.26. The van der Waals surface area contributed by atoms with E-state index in [0.29, 0.717) is 18.1 Å². The van der Waals surface area contributed by atoms with Crippen molar-refractivity contribution in [3.63, 3.8) is 0 Å². The van der Waals surface area contributed by atoms with Crippen LogP contribution < -0.4 is 0 Å². The van der Waals surface area contributed by atoms with Gasteiger partial charge in [-0.25, -0.2) is 9.19 Å². The van der Waals surface area contributed by atoms with Crippen LogP contribution in [0, 0.1) is 5.92 Å². The van der Waals surface area contributed by atoms with Gasteiger partial charge in [0, 0.05) is 18.9 Å². The Kier molecular flexibility index (Phi) is 3.90. The molecule has 0 spiro atoms. The van der Waals surface area contributed by atoms with Crippen molar-refractivity contribution >= 4 is 24.3 Å². The average Bonchev–Trinajstić information content (AvgIpc) is 3.36. The third-order valence-corrected chi connectivity index (χ3v) is 5.01. The van der Waals surface area contributed by atoms with Gasteiger partial charge >= 0.3 is 5.97 Å². The number of nitrogens with zero attached hydrogens (tertiary/aromatic N) is 2. The van der Waals surface area contributed by atoms with Crippen molar-refractivity contribution in [2.45, 2.75) is 25.4 Å². The summed E-state index contributed by atoms with van der Waals surface area (Å²) in [6.45, 7) is 1.39. The first kappa shape index (κ1) is 14.8. The average molecular weight is 334 g/mol. The molecule has 1 aliphatic carbocycles. The summed E-state index contributed by atoms with van der Waals surface area (Å²) < 4.78 is 22.5. The fourth-order valence-corrected chi connectivity index (χ4v) is 3.55. The molecular weight excluding hydrogens is 316 g/mol. The van der Waals surface area contributed by atoms with Gasteiger partial charge in [0.1, 0.15) is 17.9 Å². The topological polar surface area (TPSA) is 60.4 Å². The molecule has 4 aliphatic rings. The summed E-state index contributed by atoms with van der Waals surface area (Å²) in [5.74, 6) is 0.952. The van der Waals surface area contributed by atoms with Crippen LogP contribution in [0.5, 0.6) is 0 Å². The lowest BCUT2D eigenvalue weighted by atomic mass is 10.1. The van der Waals surface area contributed by atoms with E-state index in [4.69, 9.17) is 14.2 Å². The molecule has 1 saturated heterocycles. The largest absolute Gasteiger partial charge is 0.489 e. The number of methoxy groups -OCH3 is 1. The van der Waals surface area contributed by atoms with Gasteiger partial charge in [0.05, 0.1) is 43.0 Å². The highest BCUT2D eigenvalue weighted by atomic mass is 32.2. The molecule has 0 aromatic carbocycles. The highest BCUT2D eigenvalue weighted by Gasteiger charge is 2.38. The van der Waals surface area contributed by atoms with Crippen LogP contribution in [0.15, 0.2) is 39.3 Å². The second kappa shape index (κ2) is 6.05. The van der Waals surface area contributed by atoms with Crippen molar-refractivity contribution in [2.24, 2.45) is 10.3 Å². The van der Waals surface area contributed by atoms with E-state index in [1.54, 1.807) is 6.21 Å². The molecule has 0 radical (unpaired) electrons. The van der Waals surface area contributed by atoms with Crippen molar-refractivity contribution in [3.8, 4) is 0 Å². The van der Waals surface area contributed by atoms with Crippen LogP contribution in [0.2, 0.25) is 0 Å². The van der Waals surface area contributed by atoms with Crippen LogP contribution in [-0.4, -0.2) is 42.9 Å². The van der Waals surface area contributed by atoms with Gasteiger partial charge in [0.2, 0.25) is 0 Å². The lowest BCUT2D eigenvalue weighted by Crippen LogP contribution is -2.32. The van der Waals surface area contributed by atoms with E-state index in [1.807, 2.05) is 16.5 Å². The number of rotatable bonds is 5. The predicted molar refractivity (Wildman–Crippen MR) is 86.2 cm³/mol. The van der Waals surface area contributed by atoms with Crippen molar-refractivity contribution in [2.75, 3.05) is 20.3 Å². The van der Waals surface area contributed by atoms with E-state index < -0.39 is 0 Å². The summed E-state index contributed by atoms with van der Waals surface area (Å²) in [7, 11) is 1.38. The summed E-state index contributed by atoms with van der Waals surface area (Å²) in [6, 6.07) is 0. The van der Waals surface area contributed by atoms with E-state index in [-0.39, 0.29) is 12.1 Å². The standard InChI is InChI=1S/C16H18N2O4S/c1-20-16(19)12-8-17-23-18-13(12)4-5-14(15(18)10-2-3-10)22-9-11-6-7-21-11/h4-5,8,10-11H,2-3,6-7,9H2,1H3. The quantitative estimate of drug-likeness (QED) is 0.568. The minimum absolute atomic E-state index is 0.200. The van der Waals surface area contributed by atoms with E-state index in [9.17, 15) is 4.79 Å². The Morgan fingerprint density at radius 1 is 1.43 bits per heavy atom. The Bertz CT molecular complexity index is 644. The van der Waals surface area contributed by atoms with Crippen LogP contribution in [0.1, 0.15) is 19.3 Å². The summed E-state index contributed by atoms with van der Waals surface area (Å²) in [5, 5.41) is 0. The second-order valence-corrected chi connectivity index (χ2v) is 6.59. The highest BCUT2D eigenvalue weighted by Crippen LogP contribution is 2.47. The van der Waals surface area contributed by atoms with Crippen LogP contribution in [0.25, 0.3) is 0 Å². The first-order valence-electron chi connectivity index (χ1n) is 7.78. The lowest BCUT2D eigenvalue weighted by Gasteiger charge is -2.33. The maximum atomic E-state index is 12.0. The van der Waals surface area contributed by atoms with Crippen molar-refractivity contribution < 1.29 is 19.0 Å². The molecule has 1 atom stereocenters. The lowest BCUT2D eigenvalue weighted by molar-refractivity contribution is -0.135. The third kappa shape index (κ3) is 2.79. The molecule has 3 aliphatic heterocycles. The molecule has 122 valence electrons. The first-order valence-corrected chi connectivity index (χ1v) is 8.51. The predicted octanol–water partition coefficient (Wildman–Crippen LogP) is 2.36. The number of ether oxygens (including phenoxy) is 3. The number of hydrogen-bond acceptors (Lipinski definition) is 7. The number of esters is 1. The van der Waals surface area contributed by atoms with Crippen molar-refractivity contribution in [3.05, 3.63) is 34.9 Å². The zero-order valence-electron chi connectivity index (χ0n) is 12.9. The first-order chi connectivity index (χ1) is 11.3. The molecule has 0 amide bonds. The number of allylic oxidation sites excluding steroid dienone is 3. The molecule has 3 heterocycles. The minimum atomic E-state index is -0.374. The van der Waals surface area contributed by atoms with Crippen LogP contribution in [-0.2, 0) is 19.0 Å². The van der Waals surface area contributed by atoms with Crippen LogP contribution in [0.4, 0.5) is 0 Å². The number of hydrogen-bond donors (Lipinski definition) is 0. The highest BCUT2D eigenvalue weighted by molar-refractivity contribution is 7.96. The van der Waals surface area contributed by atoms with Gasteiger partial charge in [0.15, 0.2) is 0 Å². The number of carbonyl (C=O) groups excluding carboxylic acids is 1. The monoisotopic (exact) mass is 334 g/mol. The second-order valence-electron chi connectivity index (χ2n) is 5.85. The molecule has 7 heteroatoms. The molecule has 1 unspecified atom stereocenters. The summed E-state index contributed by atoms with van der Waals surface area (Å²) in [6.07, 6.45) is 8.93. The zero-order chi connectivity index (χ0) is 15.8.